The molecule has 0 aliphatic rings. The quantitative estimate of drug-likeness (QED) is 0.605. The smallest absolute Gasteiger partial charge is 0.182 e. The van der Waals surface area contributed by atoms with Crippen molar-refractivity contribution in [3.8, 4) is 0 Å². The molecule has 0 bridgehead atoms. The minimum atomic E-state index is -0.319. The molecule has 0 N–H and O–H groups in total. The number of Topliss-reactive ketones (excluding diaryl/α,β-unsaturated/α-hetero) is 1. The van der Waals surface area contributed by atoms with Gasteiger partial charge in [0.25, 0.3) is 0 Å². The molecule has 0 spiro atoms. The third kappa shape index (κ3) is 3.53. The average Bonchev–Trinajstić information content (AvgIpc) is 2.39. The third-order valence-corrected chi connectivity index (χ3v) is 3.53. The normalized spacial score (nSPS) is 10.3. The number of ketones is 1. The zero-order valence-electron chi connectivity index (χ0n) is 10.4. The van der Waals surface area contributed by atoms with Gasteiger partial charge in [-0.05, 0) is 46.9 Å². The van der Waals surface area contributed by atoms with Crippen LogP contribution in [0.1, 0.15) is 10.4 Å². The fraction of sp³-hybridized carbons (Fsp3) is 0.133. The van der Waals surface area contributed by atoms with Crippen molar-refractivity contribution in [2.24, 2.45) is 0 Å². The van der Waals surface area contributed by atoms with Gasteiger partial charge in [0, 0.05) is 16.2 Å². The van der Waals surface area contributed by atoms with Crippen LogP contribution in [-0.2, 0) is 0 Å². The maximum absolute atomic E-state index is 13.6. The van der Waals surface area contributed by atoms with E-state index in [1.54, 1.807) is 42.3 Å². The molecular formula is C15H13FINO. The number of carbonyl (C=O) groups excluding carboxylic acids is 1. The molecule has 0 unspecified atom stereocenters. The summed E-state index contributed by atoms with van der Waals surface area (Å²) in [5.74, 6) is -0.345. The highest BCUT2D eigenvalue weighted by Crippen LogP contribution is 2.17. The molecular weight excluding hydrogens is 356 g/mol. The number of hydrogen-bond donors (Lipinski definition) is 0. The number of hydrogen-bond acceptors (Lipinski definition) is 2. The summed E-state index contributed by atoms with van der Waals surface area (Å²) in [6.07, 6.45) is 0. The van der Waals surface area contributed by atoms with Crippen molar-refractivity contribution >= 4 is 34.1 Å². The molecule has 0 aliphatic heterocycles. The minimum absolute atomic E-state index is 0.0258. The van der Waals surface area contributed by atoms with Crippen LogP contribution in [0.2, 0.25) is 0 Å². The molecule has 2 aromatic rings. The molecule has 0 fully saturated rings. The van der Waals surface area contributed by atoms with Crippen molar-refractivity contribution in [2.75, 3.05) is 18.5 Å². The van der Waals surface area contributed by atoms with Crippen molar-refractivity contribution in [2.45, 2.75) is 0 Å². The van der Waals surface area contributed by atoms with Crippen LogP contribution < -0.4 is 4.90 Å². The van der Waals surface area contributed by atoms with Gasteiger partial charge in [-0.1, -0.05) is 24.3 Å². The monoisotopic (exact) mass is 369 g/mol. The molecule has 2 rings (SSSR count). The second-order valence-electron chi connectivity index (χ2n) is 4.24. The summed E-state index contributed by atoms with van der Waals surface area (Å²) in [4.78, 5) is 13.7. The van der Waals surface area contributed by atoms with Gasteiger partial charge in [0.1, 0.15) is 5.82 Å². The van der Waals surface area contributed by atoms with E-state index in [0.29, 0.717) is 11.3 Å². The van der Waals surface area contributed by atoms with Crippen LogP contribution in [0.3, 0.4) is 0 Å². The van der Waals surface area contributed by atoms with Crippen LogP contribution in [0.5, 0.6) is 0 Å². The number of anilines is 1. The summed E-state index contributed by atoms with van der Waals surface area (Å²) < 4.78 is 14.7. The molecule has 4 heteroatoms. The number of benzene rings is 2. The first-order chi connectivity index (χ1) is 9.08. The van der Waals surface area contributed by atoms with Gasteiger partial charge in [0.2, 0.25) is 0 Å². The highest BCUT2D eigenvalue weighted by atomic mass is 127. The van der Waals surface area contributed by atoms with Crippen molar-refractivity contribution in [3.05, 3.63) is 63.5 Å². The first-order valence-corrected chi connectivity index (χ1v) is 6.90. The zero-order valence-corrected chi connectivity index (χ0v) is 12.6. The molecule has 0 aromatic heterocycles. The molecule has 0 saturated heterocycles. The third-order valence-electron chi connectivity index (χ3n) is 2.81. The number of halogens is 2. The predicted octanol–water partition coefficient (Wildman–Crippen LogP) is 3.75. The van der Waals surface area contributed by atoms with E-state index in [2.05, 4.69) is 22.6 Å². The Balaban J connectivity index is 2.11. The predicted molar refractivity (Wildman–Crippen MR) is 83.2 cm³/mol. The first-order valence-electron chi connectivity index (χ1n) is 5.82. The molecule has 0 atom stereocenters. The molecule has 0 amide bonds. The summed E-state index contributed by atoms with van der Waals surface area (Å²) in [5, 5.41) is 0. The largest absolute Gasteiger partial charge is 0.365 e. The number of para-hydroxylation sites is 1. The number of rotatable bonds is 4. The van der Waals surface area contributed by atoms with Crippen LogP contribution in [0.15, 0.2) is 48.5 Å². The molecule has 0 radical (unpaired) electrons. The highest BCUT2D eigenvalue weighted by Gasteiger charge is 2.12. The Morgan fingerprint density at radius 1 is 1.16 bits per heavy atom. The van der Waals surface area contributed by atoms with Crippen LogP contribution in [0, 0.1) is 9.39 Å². The van der Waals surface area contributed by atoms with E-state index in [1.807, 2.05) is 12.1 Å². The fourth-order valence-corrected chi connectivity index (χ4v) is 2.15. The Morgan fingerprint density at radius 3 is 2.42 bits per heavy atom. The first kappa shape index (κ1) is 14.0. The summed E-state index contributed by atoms with van der Waals surface area (Å²) in [7, 11) is 1.71. The molecule has 98 valence electrons. The van der Waals surface area contributed by atoms with Gasteiger partial charge in [0.15, 0.2) is 5.78 Å². The lowest BCUT2D eigenvalue weighted by Gasteiger charge is -2.18. The Hall–Kier alpha value is -1.43. The van der Waals surface area contributed by atoms with Gasteiger partial charge < -0.3 is 4.90 Å². The molecule has 2 nitrogen and oxygen atoms in total. The van der Waals surface area contributed by atoms with Gasteiger partial charge >= 0.3 is 0 Å². The van der Waals surface area contributed by atoms with E-state index in [0.717, 1.165) is 3.57 Å². The van der Waals surface area contributed by atoms with E-state index in [-0.39, 0.29) is 18.1 Å². The Bertz CT molecular complexity index is 583. The highest BCUT2D eigenvalue weighted by molar-refractivity contribution is 14.1. The Labute approximate surface area is 125 Å². The number of carbonyl (C=O) groups is 1. The van der Waals surface area contributed by atoms with Gasteiger partial charge in [-0.2, -0.15) is 0 Å². The lowest BCUT2D eigenvalue weighted by Crippen LogP contribution is -2.26. The van der Waals surface area contributed by atoms with Crippen LogP contribution >= 0.6 is 22.6 Å². The summed E-state index contributed by atoms with van der Waals surface area (Å²) in [6, 6.07) is 13.8. The standard InChI is InChI=1S/C15H13FINO/c1-18(14-5-3-2-4-13(14)16)10-15(19)11-6-8-12(17)9-7-11/h2-9H,10H2,1H3. The van der Waals surface area contributed by atoms with Crippen LogP contribution in [-0.4, -0.2) is 19.4 Å². The van der Waals surface area contributed by atoms with Crippen molar-refractivity contribution in [1.82, 2.24) is 0 Å². The average molecular weight is 369 g/mol. The van der Waals surface area contributed by atoms with Gasteiger partial charge in [-0.3, -0.25) is 4.79 Å². The minimum Gasteiger partial charge on any atom is -0.365 e. The summed E-state index contributed by atoms with van der Waals surface area (Å²) in [6.45, 7) is 0.154. The fourth-order valence-electron chi connectivity index (χ4n) is 1.79. The number of likely N-dealkylation sites (N-methyl/N-ethyl adjacent to an activating group) is 1. The van der Waals surface area contributed by atoms with Crippen molar-refractivity contribution in [1.29, 1.82) is 0 Å². The van der Waals surface area contributed by atoms with Crippen LogP contribution in [0.25, 0.3) is 0 Å². The maximum atomic E-state index is 13.6. The lowest BCUT2D eigenvalue weighted by molar-refractivity contribution is 0.100. The molecule has 2 aromatic carbocycles. The van der Waals surface area contributed by atoms with Gasteiger partial charge in [-0.25, -0.2) is 4.39 Å². The van der Waals surface area contributed by atoms with Gasteiger partial charge in [-0.15, -0.1) is 0 Å². The molecule has 0 heterocycles. The number of nitrogens with zero attached hydrogens (tertiary/aromatic N) is 1. The Morgan fingerprint density at radius 2 is 1.79 bits per heavy atom. The van der Waals surface area contributed by atoms with Crippen LogP contribution in [0.4, 0.5) is 10.1 Å². The van der Waals surface area contributed by atoms with E-state index < -0.39 is 0 Å². The van der Waals surface area contributed by atoms with E-state index in [4.69, 9.17) is 0 Å². The van der Waals surface area contributed by atoms with E-state index >= 15 is 0 Å². The summed E-state index contributed by atoms with van der Waals surface area (Å²) >= 11 is 2.19. The van der Waals surface area contributed by atoms with Crippen molar-refractivity contribution < 1.29 is 9.18 Å². The Kier molecular flexibility index (Phi) is 4.52. The van der Waals surface area contributed by atoms with Crippen molar-refractivity contribution in [3.63, 3.8) is 0 Å². The van der Waals surface area contributed by atoms with E-state index in [1.165, 1.54) is 6.07 Å². The van der Waals surface area contributed by atoms with Gasteiger partial charge in [0.05, 0.1) is 12.2 Å². The molecule has 0 saturated carbocycles. The van der Waals surface area contributed by atoms with E-state index in [9.17, 15) is 9.18 Å². The summed E-state index contributed by atoms with van der Waals surface area (Å²) in [5.41, 5.74) is 1.07. The lowest BCUT2D eigenvalue weighted by atomic mass is 10.1. The topological polar surface area (TPSA) is 20.3 Å². The second-order valence-corrected chi connectivity index (χ2v) is 5.48. The molecule has 19 heavy (non-hydrogen) atoms. The molecule has 0 aliphatic carbocycles. The second kappa shape index (κ2) is 6.14. The maximum Gasteiger partial charge on any atom is 0.182 e. The SMILES string of the molecule is CN(CC(=O)c1ccc(I)cc1)c1ccccc1F. The zero-order chi connectivity index (χ0) is 13.8.